The minimum atomic E-state index is 0.587. The number of thiazole rings is 2. The van der Waals surface area contributed by atoms with Crippen LogP contribution in [0.3, 0.4) is 0 Å². The van der Waals surface area contributed by atoms with Crippen LogP contribution in [0.5, 0.6) is 0 Å². The van der Waals surface area contributed by atoms with E-state index in [4.69, 9.17) is 5.73 Å². The lowest BCUT2D eigenvalue weighted by Gasteiger charge is -2.06. The van der Waals surface area contributed by atoms with Crippen LogP contribution in [0.25, 0.3) is 31.8 Å². The summed E-state index contributed by atoms with van der Waals surface area (Å²) in [6.07, 6.45) is 3.64. The van der Waals surface area contributed by atoms with Crippen molar-refractivity contribution < 1.29 is 0 Å². The maximum atomic E-state index is 5.95. The first-order valence-corrected chi connectivity index (χ1v) is 8.80. The second kappa shape index (κ2) is 5.40. The lowest BCUT2D eigenvalue weighted by atomic mass is 10.0. The van der Waals surface area contributed by atoms with Gasteiger partial charge in [0.15, 0.2) is 5.13 Å². The van der Waals surface area contributed by atoms with Gasteiger partial charge in [0.2, 0.25) is 0 Å². The first-order chi connectivity index (χ1) is 11.1. The van der Waals surface area contributed by atoms with Crippen molar-refractivity contribution in [1.82, 2.24) is 15.0 Å². The van der Waals surface area contributed by atoms with Crippen LogP contribution in [0, 0.1) is 13.8 Å². The second-order valence-electron chi connectivity index (χ2n) is 5.31. The van der Waals surface area contributed by atoms with Crippen molar-refractivity contribution in [1.29, 1.82) is 0 Å². The molecule has 0 atom stereocenters. The number of hydrogen-bond acceptors (Lipinski definition) is 6. The highest BCUT2D eigenvalue weighted by molar-refractivity contribution is 7.23. The standard InChI is InChI=1S/C17H14N4S2/c1-9-15(22-10(2)20-9)13-6-12(11-4-3-5-19-8-11)7-14-16(13)23-17(18)21-14/h3-8H,1-2H3,(H2,18,21). The summed E-state index contributed by atoms with van der Waals surface area (Å²) in [6, 6.07) is 8.26. The molecule has 6 heteroatoms. The number of pyridine rings is 1. The van der Waals surface area contributed by atoms with Gasteiger partial charge in [0.25, 0.3) is 0 Å². The molecule has 0 amide bonds. The molecule has 0 spiro atoms. The van der Waals surface area contributed by atoms with Crippen LogP contribution in [0.2, 0.25) is 0 Å². The van der Waals surface area contributed by atoms with Gasteiger partial charge in [-0.1, -0.05) is 17.4 Å². The Kier molecular flexibility index (Phi) is 3.36. The zero-order chi connectivity index (χ0) is 16.0. The van der Waals surface area contributed by atoms with Crippen molar-refractivity contribution in [3.63, 3.8) is 0 Å². The van der Waals surface area contributed by atoms with E-state index in [1.54, 1.807) is 17.5 Å². The van der Waals surface area contributed by atoms with Gasteiger partial charge in [0.1, 0.15) is 0 Å². The van der Waals surface area contributed by atoms with Gasteiger partial charge in [0, 0.05) is 23.5 Å². The Morgan fingerprint density at radius 2 is 1.91 bits per heavy atom. The molecule has 114 valence electrons. The number of nitrogen functional groups attached to an aromatic ring is 1. The van der Waals surface area contributed by atoms with E-state index in [-0.39, 0.29) is 0 Å². The van der Waals surface area contributed by atoms with E-state index in [0.29, 0.717) is 5.13 Å². The molecular weight excluding hydrogens is 324 g/mol. The third-order valence-electron chi connectivity index (χ3n) is 3.65. The molecule has 4 rings (SSSR count). The molecule has 1 aromatic carbocycles. The van der Waals surface area contributed by atoms with Crippen molar-refractivity contribution in [3.8, 4) is 21.6 Å². The number of nitrogens with two attached hydrogens (primary N) is 1. The lowest BCUT2D eigenvalue weighted by Crippen LogP contribution is -1.85. The summed E-state index contributed by atoms with van der Waals surface area (Å²) in [5.41, 5.74) is 11.2. The Hall–Kier alpha value is -2.31. The summed E-state index contributed by atoms with van der Waals surface area (Å²) in [6.45, 7) is 4.08. The molecule has 3 heterocycles. The summed E-state index contributed by atoms with van der Waals surface area (Å²) in [5, 5.41) is 1.65. The lowest BCUT2D eigenvalue weighted by molar-refractivity contribution is 1.20. The summed E-state index contributed by atoms with van der Waals surface area (Å²) < 4.78 is 1.11. The molecular formula is C17H14N4S2. The van der Waals surface area contributed by atoms with E-state index in [0.717, 1.165) is 37.6 Å². The minimum absolute atomic E-state index is 0.587. The highest BCUT2D eigenvalue weighted by atomic mass is 32.1. The van der Waals surface area contributed by atoms with E-state index < -0.39 is 0 Å². The quantitative estimate of drug-likeness (QED) is 0.576. The number of rotatable bonds is 2. The van der Waals surface area contributed by atoms with Crippen LogP contribution in [0.1, 0.15) is 10.7 Å². The normalized spacial score (nSPS) is 11.2. The summed E-state index contributed by atoms with van der Waals surface area (Å²) in [7, 11) is 0. The fourth-order valence-corrected chi connectivity index (χ4v) is 4.54. The topological polar surface area (TPSA) is 64.7 Å². The summed E-state index contributed by atoms with van der Waals surface area (Å²) in [4.78, 5) is 14.4. The van der Waals surface area contributed by atoms with E-state index >= 15 is 0 Å². The van der Waals surface area contributed by atoms with Crippen LogP contribution < -0.4 is 5.73 Å². The van der Waals surface area contributed by atoms with E-state index in [1.165, 1.54) is 16.2 Å². The predicted octanol–water partition coefficient (Wildman–Crippen LogP) is 4.68. The summed E-state index contributed by atoms with van der Waals surface area (Å²) in [5.74, 6) is 0. The van der Waals surface area contributed by atoms with Gasteiger partial charge in [-0.25, -0.2) is 9.97 Å². The third kappa shape index (κ3) is 2.50. The second-order valence-corrected chi connectivity index (χ2v) is 7.55. The average Bonchev–Trinajstić information content (AvgIpc) is 3.08. The molecule has 23 heavy (non-hydrogen) atoms. The van der Waals surface area contributed by atoms with Crippen LogP contribution in [-0.2, 0) is 0 Å². The van der Waals surface area contributed by atoms with Gasteiger partial charge in [-0.3, -0.25) is 4.98 Å². The molecule has 0 saturated carbocycles. The molecule has 0 fully saturated rings. The zero-order valence-electron chi connectivity index (χ0n) is 12.7. The first-order valence-electron chi connectivity index (χ1n) is 7.16. The fourth-order valence-electron chi connectivity index (χ4n) is 2.70. The van der Waals surface area contributed by atoms with Crippen molar-refractivity contribution in [3.05, 3.63) is 47.4 Å². The highest BCUT2D eigenvalue weighted by Gasteiger charge is 2.16. The molecule has 0 unspecified atom stereocenters. The largest absolute Gasteiger partial charge is 0.375 e. The smallest absolute Gasteiger partial charge is 0.181 e. The van der Waals surface area contributed by atoms with Gasteiger partial charge in [-0.05, 0) is 37.6 Å². The monoisotopic (exact) mass is 338 g/mol. The van der Waals surface area contributed by atoms with Crippen molar-refractivity contribution in [2.24, 2.45) is 0 Å². The Bertz CT molecular complexity index is 1000. The number of nitrogens with zero attached hydrogens (tertiary/aromatic N) is 3. The molecule has 2 N–H and O–H groups in total. The molecule has 0 aliphatic carbocycles. The van der Waals surface area contributed by atoms with Crippen LogP contribution in [-0.4, -0.2) is 15.0 Å². The van der Waals surface area contributed by atoms with Crippen molar-refractivity contribution >= 4 is 38.0 Å². The number of anilines is 1. The maximum absolute atomic E-state index is 5.95. The fraction of sp³-hybridized carbons (Fsp3) is 0.118. The van der Waals surface area contributed by atoms with Crippen LogP contribution in [0.15, 0.2) is 36.7 Å². The average molecular weight is 338 g/mol. The Morgan fingerprint density at radius 1 is 1.04 bits per heavy atom. The number of fused-ring (bicyclic) bond motifs is 1. The molecule has 0 bridgehead atoms. The van der Waals surface area contributed by atoms with Crippen molar-refractivity contribution in [2.75, 3.05) is 5.73 Å². The van der Waals surface area contributed by atoms with Gasteiger partial charge in [0.05, 0.1) is 25.8 Å². The maximum Gasteiger partial charge on any atom is 0.181 e. The van der Waals surface area contributed by atoms with Gasteiger partial charge < -0.3 is 5.73 Å². The van der Waals surface area contributed by atoms with Crippen molar-refractivity contribution in [2.45, 2.75) is 13.8 Å². The molecule has 0 aliphatic heterocycles. The SMILES string of the molecule is Cc1nc(C)c(-c2cc(-c3cccnc3)cc3nc(N)sc23)s1. The molecule has 0 aliphatic rings. The minimum Gasteiger partial charge on any atom is -0.375 e. The Morgan fingerprint density at radius 3 is 2.61 bits per heavy atom. The van der Waals surface area contributed by atoms with Crippen LogP contribution >= 0.6 is 22.7 Å². The number of aryl methyl sites for hydroxylation is 2. The number of aromatic nitrogens is 3. The third-order valence-corrected chi connectivity index (χ3v) is 5.69. The van der Waals surface area contributed by atoms with E-state index in [9.17, 15) is 0 Å². The number of hydrogen-bond donors (Lipinski definition) is 1. The highest BCUT2D eigenvalue weighted by Crippen LogP contribution is 2.41. The molecule has 4 aromatic rings. The number of benzene rings is 1. The van der Waals surface area contributed by atoms with Gasteiger partial charge in [-0.2, -0.15) is 0 Å². The molecule has 0 radical (unpaired) electrons. The Labute approximate surface area is 141 Å². The summed E-state index contributed by atoms with van der Waals surface area (Å²) >= 11 is 3.23. The molecule has 3 aromatic heterocycles. The predicted molar refractivity (Wildman–Crippen MR) is 97.8 cm³/mol. The van der Waals surface area contributed by atoms with E-state index in [1.807, 2.05) is 26.1 Å². The molecule has 0 saturated heterocycles. The first kappa shape index (κ1) is 14.3. The van der Waals surface area contributed by atoms with Crippen LogP contribution in [0.4, 0.5) is 5.13 Å². The van der Waals surface area contributed by atoms with Gasteiger partial charge in [-0.15, -0.1) is 11.3 Å². The zero-order valence-corrected chi connectivity index (χ0v) is 14.3. The van der Waals surface area contributed by atoms with E-state index in [2.05, 4.69) is 33.2 Å². The Balaban J connectivity index is 2.03. The van der Waals surface area contributed by atoms with Gasteiger partial charge >= 0.3 is 0 Å². The molecule has 4 nitrogen and oxygen atoms in total.